The maximum absolute atomic E-state index is 8.75. The molecule has 4 nitrogen and oxygen atoms in total. The molecule has 0 saturated heterocycles. The average molecular weight is 194 g/mol. The molecule has 0 amide bonds. The standard InChI is InChI=1S/C10H14N2O2/c1-7-4-5-9(8(2)6-7)10(11-13)12-14-3/h4-6,13H,1-3H3,(H,11,12). The zero-order valence-corrected chi connectivity index (χ0v) is 8.53. The Balaban J connectivity index is 3.05. The molecule has 4 heteroatoms. The summed E-state index contributed by atoms with van der Waals surface area (Å²) in [6.07, 6.45) is 0. The first-order valence-corrected chi connectivity index (χ1v) is 4.27. The summed E-state index contributed by atoms with van der Waals surface area (Å²) in [4.78, 5) is 4.69. The van der Waals surface area contributed by atoms with Crippen LogP contribution in [-0.2, 0) is 4.84 Å². The van der Waals surface area contributed by atoms with Gasteiger partial charge in [-0.15, -0.1) is 0 Å². The average Bonchev–Trinajstić information content (AvgIpc) is 2.15. The van der Waals surface area contributed by atoms with Crippen molar-refractivity contribution in [2.24, 2.45) is 5.16 Å². The van der Waals surface area contributed by atoms with Crippen LogP contribution in [0, 0.1) is 13.8 Å². The van der Waals surface area contributed by atoms with Gasteiger partial charge >= 0.3 is 0 Å². The van der Waals surface area contributed by atoms with Gasteiger partial charge in [-0.1, -0.05) is 28.9 Å². The van der Waals surface area contributed by atoms with E-state index in [-0.39, 0.29) is 0 Å². The fourth-order valence-corrected chi connectivity index (χ4v) is 1.31. The molecule has 0 radical (unpaired) electrons. The second-order valence-corrected chi connectivity index (χ2v) is 3.07. The Morgan fingerprint density at radius 1 is 1.43 bits per heavy atom. The van der Waals surface area contributed by atoms with Crippen molar-refractivity contribution in [1.29, 1.82) is 0 Å². The van der Waals surface area contributed by atoms with Crippen molar-refractivity contribution in [1.82, 2.24) is 5.48 Å². The maximum Gasteiger partial charge on any atom is 0.196 e. The van der Waals surface area contributed by atoms with Gasteiger partial charge in [0.25, 0.3) is 0 Å². The number of nitrogens with zero attached hydrogens (tertiary/aromatic N) is 1. The molecule has 0 fully saturated rings. The van der Waals surface area contributed by atoms with Crippen molar-refractivity contribution in [3.8, 4) is 0 Å². The first kappa shape index (κ1) is 10.5. The van der Waals surface area contributed by atoms with Gasteiger partial charge in [-0.3, -0.25) is 4.84 Å². The van der Waals surface area contributed by atoms with E-state index in [1.54, 1.807) is 0 Å². The lowest BCUT2D eigenvalue weighted by molar-refractivity contribution is 0.140. The zero-order chi connectivity index (χ0) is 10.6. The molecular weight excluding hydrogens is 180 g/mol. The molecule has 14 heavy (non-hydrogen) atoms. The van der Waals surface area contributed by atoms with E-state index in [4.69, 9.17) is 10.0 Å². The van der Waals surface area contributed by atoms with E-state index in [2.05, 4.69) is 10.6 Å². The minimum atomic E-state index is 0.310. The summed E-state index contributed by atoms with van der Waals surface area (Å²) in [6, 6.07) is 5.84. The Hall–Kier alpha value is -1.55. The smallest absolute Gasteiger partial charge is 0.196 e. The summed E-state index contributed by atoms with van der Waals surface area (Å²) < 4.78 is 0. The van der Waals surface area contributed by atoms with E-state index in [9.17, 15) is 0 Å². The predicted molar refractivity (Wildman–Crippen MR) is 54.4 cm³/mol. The molecule has 1 aromatic rings. The fourth-order valence-electron chi connectivity index (χ4n) is 1.31. The van der Waals surface area contributed by atoms with Gasteiger partial charge in [0.05, 0.1) is 7.11 Å². The highest BCUT2D eigenvalue weighted by atomic mass is 16.6. The van der Waals surface area contributed by atoms with E-state index in [1.165, 1.54) is 12.7 Å². The van der Waals surface area contributed by atoms with Crippen LogP contribution in [0.4, 0.5) is 0 Å². The van der Waals surface area contributed by atoms with Crippen molar-refractivity contribution >= 4 is 5.84 Å². The number of hydrogen-bond donors (Lipinski definition) is 2. The van der Waals surface area contributed by atoms with Crippen molar-refractivity contribution in [2.45, 2.75) is 13.8 Å². The third-order valence-electron chi connectivity index (χ3n) is 1.94. The third kappa shape index (κ3) is 2.23. The third-order valence-corrected chi connectivity index (χ3v) is 1.94. The SMILES string of the molecule is CONC(=NO)c1ccc(C)cc1C. The van der Waals surface area contributed by atoms with E-state index < -0.39 is 0 Å². The molecular formula is C10H14N2O2. The lowest BCUT2D eigenvalue weighted by Gasteiger charge is -2.08. The molecule has 0 heterocycles. The Morgan fingerprint density at radius 2 is 2.14 bits per heavy atom. The second-order valence-electron chi connectivity index (χ2n) is 3.07. The number of amidine groups is 1. The molecule has 1 aromatic carbocycles. The molecule has 0 aliphatic heterocycles. The number of nitrogens with one attached hydrogen (secondary N) is 1. The van der Waals surface area contributed by atoms with Gasteiger partial charge in [0.2, 0.25) is 0 Å². The van der Waals surface area contributed by atoms with Crippen LogP contribution in [0.25, 0.3) is 0 Å². The van der Waals surface area contributed by atoms with Crippen molar-refractivity contribution < 1.29 is 10.0 Å². The number of oxime groups is 1. The van der Waals surface area contributed by atoms with Gasteiger partial charge < -0.3 is 5.21 Å². The molecule has 1 rings (SSSR count). The Morgan fingerprint density at radius 3 is 2.64 bits per heavy atom. The van der Waals surface area contributed by atoms with Gasteiger partial charge in [0.1, 0.15) is 0 Å². The summed E-state index contributed by atoms with van der Waals surface area (Å²) in [7, 11) is 1.47. The topological polar surface area (TPSA) is 53.8 Å². The van der Waals surface area contributed by atoms with E-state index in [0.29, 0.717) is 5.84 Å². The summed E-state index contributed by atoms with van der Waals surface area (Å²) >= 11 is 0. The van der Waals surface area contributed by atoms with E-state index in [0.717, 1.165) is 11.1 Å². The number of rotatable bonds is 2. The molecule has 0 aliphatic carbocycles. The number of aryl methyl sites for hydroxylation is 2. The van der Waals surface area contributed by atoms with Gasteiger partial charge in [-0.25, -0.2) is 5.48 Å². The fraction of sp³-hybridized carbons (Fsp3) is 0.300. The van der Waals surface area contributed by atoms with E-state index in [1.807, 2.05) is 32.0 Å². The van der Waals surface area contributed by atoms with Crippen LogP contribution in [0.15, 0.2) is 23.4 Å². The zero-order valence-electron chi connectivity index (χ0n) is 8.53. The summed E-state index contributed by atoms with van der Waals surface area (Å²) in [5.74, 6) is 0.310. The van der Waals surface area contributed by atoms with Crippen LogP contribution < -0.4 is 5.48 Å². The first-order chi connectivity index (χ1) is 6.69. The van der Waals surface area contributed by atoms with Crippen LogP contribution >= 0.6 is 0 Å². The second kappa shape index (κ2) is 4.62. The highest BCUT2D eigenvalue weighted by molar-refractivity contribution is 5.98. The molecule has 0 unspecified atom stereocenters. The van der Waals surface area contributed by atoms with Crippen molar-refractivity contribution in [2.75, 3.05) is 7.11 Å². The number of hydrogen-bond acceptors (Lipinski definition) is 3. The highest BCUT2D eigenvalue weighted by Crippen LogP contribution is 2.10. The minimum Gasteiger partial charge on any atom is -0.409 e. The minimum absolute atomic E-state index is 0.310. The molecule has 76 valence electrons. The Bertz CT molecular complexity index is 348. The largest absolute Gasteiger partial charge is 0.409 e. The summed E-state index contributed by atoms with van der Waals surface area (Å²) in [5, 5.41) is 11.9. The highest BCUT2D eigenvalue weighted by Gasteiger charge is 2.06. The Labute approximate surface area is 83.2 Å². The maximum atomic E-state index is 8.75. The van der Waals surface area contributed by atoms with Crippen molar-refractivity contribution in [3.05, 3.63) is 34.9 Å². The number of hydroxylamine groups is 1. The normalized spacial score (nSPS) is 11.5. The lowest BCUT2D eigenvalue weighted by Crippen LogP contribution is -2.24. The van der Waals surface area contributed by atoms with Gasteiger partial charge in [-0.2, -0.15) is 0 Å². The van der Waals surface area contributed by atoms with Crippen molar-refractivity contribution in [3.63, 3.8) is 0 Å². The van der Waals surface area contributed by atoms with Gasteiger partial charge in [0.15, 0.2) is 5.84 Å². The molecule has 0 aromatic heterocycles. The molecule has 0 atom stereocenters. The Kier molecular flexibility index (Phi) is 3.48. The monoisotopic (exact) mass is 194 g/mol. The summed E-state index contributed by atoms with van der Waals surface area (Å²) in [5.41, 5.74) is 5.53. The molecule has 0 aliphatic rings. The van der Waals surface area contributed by atoms with E-state index >= 15 is 0 Å². The number of benzene rings is 1. The quantitative estimate of drug-likeness (QED) is 0.325. The molecule has 0 bridgehead atoms. The van der Waals surface area contributed by atoms with Gasteiger partial charge in [0, 0.05) is 5.56 Å². The predicted octanol–water partition coefficient (Wildman–Crippen LogP) is 1.59. The summed E-state index contributed by atoms with van der Waals surface area (Å²) in [6.45, 7) is 3.96. The molecule has 2 N–H and O–H groups in total. The van der Waals surface area contributed by atoms with Crippen LogP contribution in [0.3, 0.4) is 0 Å². The molecule has 0 saturated carbocycles. The molecule has 0 spiro atoms. The van der Waals surface area contributed by atoms with Crippen LogP contribution in [0.5, 0.6) is 0 Å². The lowest BCUT2D eigenvalue weighted by atomic mass is 10.1. The van der Waals surface area contributed by atoms with Crippen LogP contribution in [0.1, 0.15) is 16.7 Å². The van der Waals surface area contributed by atoms with Crippen LogP contribution in [-0.4, -0.2) is 18.2 Å². The van der Waals surface area contributed by atoms with Crippen LogP contribution in [0.2, 0.25) is 0 Å². The first-order valence-electron chi connectivity index (χ1n) is 4.27. The van der Waals surface area contributed by atoms with Gasteiger partial charge in [-0.05, 0) is 19.4 Å².